The van der Waals surface area contributed by atoms with E-state index in [2.05, 4.69) is 17.5 Å². The first-order valence-corrected chi connectivity index (χ1v) is 6.41. The molecule has 1 unspecified atom stereocenters. The van der Waals surface area contributed by atoms with Crippen molar-refractivity contribution >= 4 is 12.6 Å². The zero-order valence-corrected chi connectivity index (χ0v) is 10.5. The lowest BCUT2D eigenvalue weighted by atomic mass is 9.98. The van der Waals surface area contributed by atoms with Crippen LogP contribution in [0.5, 0.6) is 0 Å². The summed E-state index contributed by atoms with van der Waals surface area (Å²) >= 11 is 4.09. The van der Waals surface area contributed by atoms with Crippen molar-refractivity contribution in [3.8, 4) is 0 Å². The van der Waals surface area contributed by atoms with Crippen molar-refractivity contribution in [2.24, 2.45) is 0 Å². The molecule has 0 bridgehead atoms. The molecule has 4 heteroatoms. The number of thiol groups is 1. The van der Waals surface area contributed by atoms with Gasteiger partial charge in [-0.25, -0.2) is 0 Å². The van der Waals surface area contributed by atoms with Gasteiger partial charge in [-0.15, -0.1) is 0 Å². The molecule has 0 spiro atoms. The van der Waals surface area contributed by atoms with E-state index in [1.165, 1.54) is 0 Å². The fourth-order valence-electron chi connectivity index (χ4n) is 1.90. The molecule has 1 atom stereocenters. The lowest BCUT2D eigenvalue weighted by Gasteiger charge is -2.22. The first kappa shape index (κ1) is 13.3. The summed E-state index contributed by atoms with van der Waals surface area (Å²) in [7, 11) is 0. The molecule has 0 amide bonds. The molecule has 1 aliphatic heterocycles. The van der Waals surface area contributed by atoms with Crippen LogP contribution in [0.2, 0.25) is 0 Å². The second-order valence-electron chi connectivity index (χ2n) is 4.53. The van der Waals surface area contributed by atoms with Crippen LogP contribution in [-0.4, -0.2) is 54.2 Å². The molecule has 0 aliphatic carbocycles. The van der Waals surface area contributed by atoms with Gasteiger partial charge in [-0.3, -0.25) is 0 Å². The van der Waals surface area contributed by atoms with Crippen LogP contribution in [-0.2, 0) is 4.74 Å². The van der Waals surface area contributed by atoms with E-state index in [0.29, 0.717) is 0 Å². The molecule has 0 aromatic heterocycles. The molecule has 15 heavy (non-hydrogen) atoms. The predicted octanol–water partition coefficient (Wildman–Crippen LogP) is 1.17. The van der Waals surface area contributed by atoms with E-state index < -0.39 is 5.60 Å². The van der Waals surface area contributed by atoms with Gasteiger partial charge in [-0.1, -0.05) is 0 Å². The SMILES string of the molecule is CC1(O)CCCN(CCOCCS)CC1. The van der Waals surface area contributed by atoms with Crippen LogP contribution >= 0.6 is 12.6 Å². The van der Waals surface area contributed by atoms with Crippen LogP contribution in [0, 0.1) is 0 Å². The molecule has 1 N–H and O–H groups in total. The Morgan fingerprint density at radius 2 is 2.13 bits per heavy atom. The average Bonchev–Trinajstić information content (AvgIpc) is 2.35. The Bertz CT molecular complexity index is 176. The van der Waals surface area contributed by atoms with E-state index in [4.69, 9.17) is 4.74 Å². The summed E-state index contributed by atoms with van der Waals surface area (Å²) in [5.41, 5.74) is -0.458. The highest BCUT2D eigenvalue weighted by atomic mass is 32.1. The van der Waals surface area contributed by atoms with Crippen molar-refractivity contribution in [3.63, 3.8) is 0 Å². The van der Waals surface area contributed by atoms with Crippen molar-refractivity contribution in [1.29, 1.82) is 0 Å². The van der Waals surface area contributed by atoms with E-state index in [1.54, 1.807) is 0 Å². The quantitative estimate of drug-likeness (QED) is 0.552. The third-order valence-electron chi connectivity index (χ3n) is 2.94. The molecule has 1 saturated heterocycles. The molecule has 1 rings (SSSR count). The number of hydrogen-bond acceptors (Lipinski definition) is 4. The van der Waals surface area contributed by atoms with Crippen molar-refractivity contribution in [3.05, 3.63) is 0 Å². The van der Waals surface area contributed by atoms with Crippen molar-refractivity contribution < 1.29 is 9.84 Å². The van der Waals surface area contributed by atoms with Gasteiger partial charge in [-0.2, -0.15) is 12.6 Å². The number of likely N-dealkylation sites (tertiary alicyclic amines) is 1. The highest BCUT2D eigenvalue weighted by Gasteiger charge is 2.24. The zero-order chi connectivity index (χ0) is 11.1. The second-order valence-corrected chi connectivity index (χ2v) is 4.98. The lowest BCUT2D eigenvalue weighted by molar-refractivity contribution is 0.0431. The second kappa shape index (κ2) is 6.74. The maximum absolute atomic E-state index is 9.91. The minimum atomic E-state index is -0.458. The van der Waals surface area contributed by atoms with E-state index in [9.17, 15) is 5.11 Å². The minimum Gasteiger partial charge on any atom is -0.390 e. The van der Waals surface area contributed by atoms with Gasteiger partial charge in [0.15, 0.2) is 0 Å². The first-order valence-electron chi connectivity index (χ1n) is 5.77. The first-order chi connectivity index (χ1) is 7.14. The third kappa shape index (κ3) is 5.76. The topological polar surface area (TPSA) is 32.7 Å². The number of hydrogen-bond donors (Lipinski definition) is 2. The monoisotopic (exact) mass is 233 g/mol. The van der Waals surface area contributed by atoms with Crippen LogP contribution in [0.25, 0.3) is 0 Å². The highest BCUT2D eigenvalue weighted by molar-refractivity contribution is 7.80. The van der Waals surface area contributed by atoms with Gasteiger partial charge in [0.2, 0.25) is 0 Å². The van der Waals surface area contributed by atoms with Gasteiger partial charge in [0.05, 0.1) is 18.8 Å². The fourth-order valence-corrected chi connectivity index (χ4v) is 2.03. The van der Waals surface area contributed by atoms with Crippen LogP contribution < -0.4 is 0 Å². The number of aliphatic hydroxyl groups is 1. The summed E-state index contributed by atoms with van der Waals surface area (Å²) in [5.74, 6) is 0.786. The van der Waals surface area contributed by atoms with Gasteiger partial charge in [-0.05, 0) is 32.7 Å². The Morgan fingerprint density at radius 1 is 1.33 bits per heavy atom. The summed E-state index contributed by atoms with van der Waals surface area (Å²) in [6.45, 7) is 6.49. The van der Waals surface area contributed by atoms with Crippen LogP contribution in [0.3, 0.4) is 0 Å². The molecule has 1 aliphatic rings. The maximum Gasteiger partial charge on any atom is 0.0632 e. The standard InChI is InChI=1S/C11H23NO2S/c1-11(13)3-2-5-12(6-4-11)7-8-14-9-10-15/h13,15H,2-10H2,1H3. The predicted molar refractivity (Wildman–Crippen MR) is 65.6 cm³/mol. The minimum absolute atomic E-state index is 0.458. The molecular formula is C11H23NO2S. The number of rotatable bonds is 5. The lowest BCUT2D eigenvalue weighted by Crippen LogP contribution is -2.31. The van der Waals surface area contributed by atoms with E-state index in [0.717, 1.165) is 57.9 Å². The number of nitrogens with zero attached hydrogens (tertiary/aromatic N) is 1. The summed E-state index contributed by atoms with van der Waals surface area (Å²) in [5, 5.41) is 9.91. The molecule has 90 valence electrons. The van der Waals surface area contributed by atoms with Gasteiger partial charge in [0, 0.05) is 18.8 Å². The van der Waals surface area contributed by atoms with Gasteiger partial charge in [0.1, 0.15) is 0 Å². The fraction of sp³-hybridized carbons (Fsp3) is 1.00. The number of ether oxygens (including phenoxy) is 1. The summed E-state index contributed by atoms with van der Waals surface area (Å²) < 4.78 is 5.40. The molecule has 1 fully saturated rings. The smallest absolute Gasteiger partial charge is 0.0632 e. The van der Waals surface area contributed by atoms with Gasteiger partial charge < -0.3 is 14.7 Å². The maximum atomic E-state index is 9.91. The summed E-state index contributed by atoms with van der Waals surface area (Å²) in [6.07, 6.45) is 2.88. The van der Waals surface area contributed by atoms with Crippen LogP contribution in [0.1, 0.15) is 26.2 Å². The Labute approximate surface area is 98.2 Å². The van der Waals surface area contributed by atoms with E-state index >= 15 is 0 Å². The molecule has 0 radical (unpaired) electrons. The Kier molecular flexibility index (Phi) is 5.97. The van der Waals surface area contributed by atoms with E-state index in [-0.39, 0.29) is 0 Å². The third-order valence-corrected chi connectivity index (χ3v) is 3.13. The van der Waals surface area contributed by atoms with Crippen LogP contribution in [0.15, 0.2) is 0 Å². The van der Waals surface area contributed by atoms with Crippen molar-refractivity contribution in [2.75, 3.05) is 38.6 Å². The molecule has 3 nitrogen and oxygen atoms in total. The molecule has 1 heterocycles. The molecule has 0 aromatic carbocycles. The van der Waals surface area contributed by atoms with Crippen molar-refractivity contribution in [1.82, 2.24) is 4.90 Å². The Hall–Kier alpha value is 0.230. The average molecular weight is 233 g/mol. The molecule has 0 saturated carbocycles. The largest absolute Gasteiger partial charge is 0.390 e. The van der Waals surface area contributed by atoms with Gasteiger partial charge in [0.25, 0.3) is 0 Å². The van der Waals surface area contributed by atoms with E-state index in [1.807, 2.05) is 6.92 Å². The zero-order valence-electron chi connectivity index (χ0n) is 9.61. The van der Waals surface area contributed by atoms with Crippen LogP contribution in [0.4, 0.5) is 0 Å². The molecular weight excluding hydrogens is 210 g/mol. The highest BCUT2D eigenvalue weighted by Crippen LogP contribution is 2.20. The summed E-state index contributed by atoms with van der Waals surface area (Å²) in [6, 6.07) is 0. The molecule has 0 aromatic rings. The van der Waals surface area contributed by atoms with Gasteiger partial charge >= 0.3 is 0 Å². The normalized spacial score (nSPS) is 29.0. The van der Waals surface area contributed by atoms with Crippen molar-refractivity contribution in [2.45, 2.75) is 31.8 Å². The summed E-state index contributed by atoms with van der Waals surface area (Å²) in [4.78, 5) is 2.37. The Balaban J connectivity index is 2.14. The Morgan fingerprint density at radius 3 is 2.87 bits per heavy atom.